The van der Waals surface area contributed by atoms with Crippen molar-refractivity contribution in [3.05, 3.63) is 57.0 Å². The minimum Gasteiger partial charge on any atom is -0.301 e. The molecule has 0 aliphatic rings. The number of aryl methyl sites for hydroxylation is 1. The highest BCUT2D eigenvalue weighted by molar-refractivity contribution is 7.98. The van der Waals surface area contributed by atoms with E-state index >= 15 is 0 Å². The molecule has 0 atom stereocenters. The Morgan fingerprint density at radius 2 is 1.95 bits per heavy atom. The summed E-state index contributed by atoms with van der Waals surface area (Å²) in [6, 6.07) is 5.25. The maximum atomic E-state index is 13.0. The lowest BCUT2D eigenvalue weighted by Gasteiger charge is -2.13. The van der Waals surface area contributed by atoms with E-state index in [0.717, 1.165) is 6.07 Å². The van der Waals surface area contributed by atoms with Crippen molar-refractivity contribution < 1.29 is 13.2 Å². The number of hydrogen-bond donors (Lipinski definition) is 1. The summed E-state index contributed by atoms with van der Waals surface area (Å²) in [4.78, 5) is 18.7. The van der Waals surface area contributed by atoms with Crippen LogP contribution in [0.1, 0.15) is 22.4 Å². The van der Waals surface area contributed by atoms with Gasteiger partial charge < -0.3 is 4.98 Å². The third-order valence-electron chi connectivity index (χ3n) is 3.08. The molecule has 0 spiro atoms. The van der Waals surface area contributed by atoms with Crippen molar-refractivity contribution in [2.24, 2.45) is 0 Å². The molecule has 0 amide bonds. The summed E-state index contributed by atoms with van der Waals surface area (Å²) < 4.78 is 38.9. The van der Waals surface area contributed by atoms with Gasteiger partial charge in [-0.15, -0.1) is 0 Å². The molecule has 1 N–H and O–H groups in total. The number of alkyl halides is 3. The number of aromatic nitrogens is 2. The Morgan fingerprint density at radius 3 is 2.52 bits per heavy atom. The van der Waals surface area contributed by atoms with Gasteiger partial charge in [-0.05, 0) is 24.8 Å². The second-order valence-electron chi connectivity index (χ2n) is 4.47. The summed E-state index contributed by atoms with van der Waals surface area (Å²) in [7, 11) is 0. The maximum Gasteiger partial charge on any atom is 0.416 e. The van der Waals surface area contributed by atoms with Crippen LogP contribution < -0.4 is 5.56 Å². The minimum atomic E-state index is -4.44. The predicted octanol–water partition coefficient (Wildman–Crippen LogP) is 3.41. The van der Waals surface area contributed by atoms with Crippen LogP contribution in [-0.2, 0) is 12.6 Å². The fourth-order valence-corrected chi connectivity index (χ4v) is 2.45. The van der Waals surface area contributed by atoms with Crippen molar-refractivity contribution in [1.29, 1.82) is 0 Å². The molecule has 0 aliphatic heterocycles. The average Bonchev–Trinajstić information content (AvgIpc) is 2.42. The molecular formula is C14H13F3N2OS. The summed E-state index contributed by atoms with van der Waals surface area (Å²) >= 11 is 1.27. The van der Waals surface area contributed by atoms with Crippen LogP contribution in [0.25, 0.3) is 0 Å². The third kappa shape index (κ3) is 3.47. The molecule has 1 aromatic heterocycles. The fraction of sp³-hybridized carbons (Fsp3) is 0.286. The van der Waals surface area contributed by atoms with E-state index in [9.17, 15) is 18.0 Å². The lowest BCUT2D eigenvalue weighted by atomic mass is 9.99. The van der Waals surface area contributed by atoms with Crippen LogP contribution in [0.3, 0.4) is 0 Å². The summed E-state index contributed by atoms with van der Waals surface area (Å²) in [5.41, 5.74) is -0.358. The molecule has 0 bridgehead atoms. The van der Waals surface area contributed by atoms with Gasteiger partial charge in [0.15, 0.2) is 5.16 Å². The Kier molecular flexibility index (Phi) is 4.41. The number of aromatic amines is 1. The van der Waals surface area contributed by atoms with Crippen molar-refractivity contribution in [2.45, 2.75) is 24.7 Å². The van der Waals surface area contributed by atoms with Gasteiger partial charge in [-0.2, -0.15) is 13.2 Å². The number of halogens is 3. The fourth-order valence-electron chi connectivity index (χ4n) is 2.03. The SMILES string of the molecule is CSc1nc(C)c(Cc2ccccc2C(F)(F)F)c(=O)[nH]1. The topological polar surface area (TPSA) is 45.8 Å². The molecule has 21 heavy (non-hydrogen) atoms. The van der Waals surface area contributed by atoms with E-state index in [2.05, 4.69) is 9.97 Å². The van der Waals surface area contributed by atoms with Crippen LogP contribution in [0.5, 0.6) is 0 Å². The van der Waals surface area contributed by atoms with Crippen LogP contribution >= 0.6 is 11.8 Å². The number of rotatable bonds is 3. The number of thioether (sulfide) groups is 1. The first kappa shape index (κ1) is 15.6. The highest BCUT2D eigenvalue weighted by atomic mass is 32.2. The predicted molar refractivity (Wildman–Crippen MR) is 75.6 cm³/mol. The van der Waals surface area contributed by atoms with Gasteiger partial charge in [0, 0.05) is 17.7 Å². The van der Waals surface area contributed by atoms with Gasteiger partial charge in [0.2, 0.25) is 0 Å². The standard InChI is InChI=1S/C14H13F3N2OS/c1-8-10(12(20)19-13(18-8)21-2)7-9-5-3-4-6-11(9)14(15,16)17/h3-6H,7H2,1-2H3,(H,18,19,20). The van der Waals surface area contributed by atoms with Crippen molar-refractivity contribution in [3.8, 4) is 0 Å². The third-order valence-corrected chi connectivity index (χ3v) is 3.66. The zero-order chi connectivity index (χ0) is 15.6. The Bertz CT molecular complexity index is 710. The van der Waals surface area contributed by atoms with Crippen molar-refractivity contribution in [3.63, 3.8) is 0 Å². The number of H-pyrrole nitrogens is 1. The Hall–Kier alpha value is -1.76. The molecule has 1 aromatic carbocycles. The van der Waals surface area contributed by atoms with Gasteiger partial charge in [0.05, 0.1) is 5.56 Å². The normalized spacial score (nSPS) is 11.7. The highest BCUT2D eigenvalue weighted by Gasteiger charge is 2.33. The van der Waals surface area contributed by atoms with E-state index < -0.39 is 17.3 Å². The second kappa shape index (κ2) is 5.93. The first-order valence-electron chi connectivity index (χ1n) is 6.12. The lowest BCUT2D eigenvalue weighted by Crippen LogP contribution is -2.19. The molecule has 0 aliphatic carbocycles. The first-order chi connectivity index (χ1) is 9.82. The maximum absolute atomic E-state index is 13.0. The Labute approximate surface area is 123 Å². The van der Waals surface area contributed by atoms with E-state index in [-0.39, 0.29) is 17.5 Å². The smallest absolute Gasteiger partial charge is 0.301 e. The molecule has 0 radical (unpaired) electrons. The van der Waals surface area contributed by atoms with E-state index in [0.29, 0.717) is 10.9 Å². The van der Waals surface area contributed by atoms with E-state index in [1.54, 1.807) is 13.2 Å². The molecular weight excluding hydrogens is 301 g/mol. The van der Waals surface area contributed by atoms with Crippen LogP contribution in [0.4, 0.5) is 13.2 Å². The Balaban J connectivity index is 2.47. The van der Waals surface area contributed by atoms with Gasteiger partial charge in [-0.1, -0.05) is 30.0 Å². The van der Waals surface area contributed by atoms with Crippen LogP contribution in [0.15, 0.2) is 34.2 Å². The number of nitrogens with zero attached hydrogens (tertiary/aromatic N) is 1. The zero-order valence-corrected chi connectivity index (χ0v) is 12.2. The van der Waals surface area contributed by atoms with Gasteiger partial charge in [-0.25, -0.2) is 4.98 Å². The van der Waals surface area contributed by atoms with Crippen molar-refractivity contribution in [2.75, 3.05) is 6.26 Å². The highest BCUT2D eigenvalue weighted by Crippen LogP contribution is 2.32. The molecule has 112 valence electrons. The number of hydrogen-bond acceptors (Lipinski definition) is 3. The van der Waals surface area contributed by atoms with Crippen molar-refractivity contribution in [1.82, 2.24) is 9.97 Å². The lowest BCUT2D eigenvalue weighted by molar-refractivity contribution is -0.138. The summed E-state index contributed by atoms with van der Waals surface area (Å²) in [5, 5.41) is 0.449. The molecule has 2 aromatic rings. The van der Waals surface area contributed by atoms with Gasteiger partial charge in [-0.3, -0.25) is 4.79 Å². The number of benzene rings is 1. The molecule has 0 fully saturated rings. The molecule has 3 nitrogen and oxygen atoms in total. The van der Waals surface area contributed by atoms with Gasteiger partial charge in [0.25, 0.3) is 5.56 Å². The monoisotopic (exact) mass is 314 g/mol. The van der Waals surface area contributed by atoms with E-state index in [1.165, 1.54) is 30.0 Å². The molecule has 0 unspecified atom stereocenters. The first-order valence-corrected chi connectivity index (χ1v) is 7.34. The molecule has 7 heteroatoms. The van der Waals surface area contributed by atoms with Gasteiger partial charge >= 0.3 is 6.18 Å². The largest absolute Gasteiger partial charge is 0.416 e. The number of nitrogens with one attached hydrogen (secondary N) is 1. The van der Waals surface area contributed by atoms with E-state index in [4.69, 9.17) is 0 Å². The molecule has 1 heterocycles. The average molecular weight is 314 g/mol. The quantitative estimate of drug-likeness (QED) is 0.697. The van der Waals surface area contributed by atoms with Crippen LogP contribution in [0.2, 0.25) is 0 Å². The van der Waals surface area contributed by atoms with Crippen molar-refractivity contribution >= 4 is 11.8 Å². The van der Waals surface area contributed by atoms with Gasteiger partial charge in [0.1, 0.15) is 0 Å². The molecule has 2 rings (SSSR count). The minimum absolute atomic E-state index is 0.0669. The van der Waals surface area contributed by atoms with Crippen LogP contribution in [-0.4, -0.2) is 16.2 Å². The van der Waals surface area contributed by atoms with E-state index in [1.807, 2.05) is 0 Å². The summed E-state index contributed by atoms with van der Waals surface area (Å²) in [5.74, 6) is 0. The Morgan fingerprint density at radius 1 is 1.29 bits per heavy atom. The van der Waals surface area contributed by atoms with Crippen LogP contribution in [0, 0.1) is 6.92 Å². The molecule has 0 saturated carbocycles. The summed E-state index contributed by atoms with van der Waals surface area (Å²) in [6.07, 6.45) is -2.78. The second-order valence-corrected chi connectivity index (χ2v) is 5.27. The summed E-state index contributed by atoms with van der Waals surface area (Å²) in [6.45, 7) is 1.63. The molecule has 0 saturated heterocycles. The zero-order valence-electron chi connectivity index (χ0n) is 11.4.